The van der Waals surface area contributed by atoms with Crippen LogP contribution in [0.1, 0.15) is 19.4 Å². The number of nitrogens with one attached hydrogen (secondary N) is 1. The van der Waals surface area contributed by atoms with Gasteiger partial charge in [0.2, 0.25) is 0 Å². The van der Waals surface area contributed by atoms with Crippen LogP contribution in [0.2, 0.25) is 0 Å². The molecule has 2 aromatic carbocycles. The molecular formula is C28H25F4N3O4. The normalized spacial score (nSPS) is 17.3. The lowest BCUT2D eigenvalue weighted by Gasteiger charge is -2.26. The number of aliphatic hydroxyl groups is 1. The Morgan fingerprint density at radius 1 is 1.10 bits per heavy atom. The number of aromatic amines is 1. The number of aliphatic hydroxyl groups excluding tert-OH is 1. The molecule has 0 amide bonds. The largest absolute Gasteiger partial charge is 0.490 e. The van der Waals surface area contributed by atoms with Crippen LogP contribution in [-0.2, 0) is 11.2 Å². The predicted molar refractivity (Wildman–Crippen MR) is 137 cm³/mol. The summed E-state index contributed by atoms with van der Waals surface area (Å²) in [5.41, 5.74) is -0.972. The number of halogens is 4. The first kappa shape index (κ1) is 26.5. The molecule has 0 bridgehead atoms. The third kappa shape index (κ3) is 5.40. The molecule has 39 heavy (non-hydrogen) atoms. The van der Waals surface area contributed by atoms with Crippen LogP contribution in [0.5, 0.6) is 17.2 Å². The van der Waals surface area contributed by atoms with E-state index in [9.17, 15) is 4.39 Å². The zero-order valence-electron chi connectivity index (χ0n) is 21.1. The summed E-state index contributed by atoms with van der Waals surface area (Å²) in [7, 11) is 0. The number of hydrogen-bond donors (Lipinski definition) is 2. The van der Waals surface area contributed by atoms with E-state index in [2.05, 4.69) is 15.0 Å². The summed E-state index contributed by atoms with van der Waals surface area (Å²) in [5.74, 6) is -2.77. The highest BCUT2D eigenvalue weighted by molar-refractivity contribution is 5.99. The zero-order chi connectivity index (χ0) is 27.7. The number of hydrogen-bond acceptors (Lipinski definition) is 6. The van der Waals surface area contributed by atoms with E-state index in [0.717, 1.165) is 12.1 Å². The topological polar surface area (TPSA) is 89.0 Å². The maximum atomic E-state index is 15.1. The second-order valence-electron chi connectivity index (χ2n) is 9.49. The first-order chi connectivity index (χ1) is 18.7. The van der Waals surface area contributed by atoms with Gasteiger partial charge in [-0.25, -0.2) is 22.5 Å². The van der Waals surface area contributed by atoms with Crippen LogP contribution in [-0.4, -0.2) is 52.5 Å². The summed E-state index contributed by atoms with van der Waals surface area (Å²) in [6.45, 7) is 2.16. The minimum Gasteiger partial charge on any atom is -0.490 e. The Balaban J connectivity index is 1.48. The summed E-state index contributed by atoms with van der Waals surface area (Å²) in [6.07, 6.45) is 2.61. The van der Waals surface area contributed by atoms with Crippen molar-refractivity contribution in [1.29, 1.82) is 0 Å². The minimum atomic E-state index is -1.98. The minimum absolute atomic E-state index is 0.0452. The van der Waals surface area contributed by atoms with Crippen LogP contribution in [0.25, 0.3) is 22.2 Å². The van der Waals surface area contributed by atoms with E-state index in [1.807, 2.05) is 13.8 Å². The van der Waals surface area contributed by atoms with Gasteiger partial charge in [-0.3, -0.25) is 4.99 Å². The van der Waals surface area contributed by atoms with E-state index in [-0.39, 0.29) is 41.8 Å². The Bertz CT molecular complexity index is 1530. The summed E-state index contributed by atoms with van der Waals surface area (Å²) < 4.78 is 76.1. The van der Waals surface area contributed by atoms with Crippen molar-refractivity contribution >= 4 is 16.9 Å². The van der Waals surface area contributed by atoms with Crippen molar-refractivity contribution < 1.29 is 36.9 Å². The molecule has 4 aromatic rings. The Morgan fingerprint density at radius 3 is 2.54 bits per heavy atom. The van der Waals surface area contributed by atoms with Gasteiger partial charge in [0.05, 0.1) is 30.2 Å². The average molecular weight is 544 g/mol. The fourth-order valence-corrected chi connectivity index (χ4v) is 4.26. The molecule has 0 aliphatic carbocycles. The van der Waals surface area contributed by atoms with E-state index in [1.54, 1.807) is 6.07 Å². The molecule has 1 aliphatic rings. The molecule has 0 fully saturated rings. The standard InChI is InChI=1S/C28H25F4N3O4/c1-15(2)38-21-5-3-4-18(29)24(21)17-11-34-27-25(17)22(6-7-33-27)39-26-19(30)8-16(9-20(26)31)10-23-35-12-28(32,13-36)14-37-23/h3-9,11,15,36H,10,12-14H2,1-2H3,(H,33,34). The lowest BCUT2D eigenvalue weighted by atomic mass is 10.0. The number of fused-ring (bicyclic) bond motifs is 1. The van der Waals surface area contributed by atoms with Gasteiger partial charge < -0.3 is 24.3 Å². The van der Waals surface area contributed by atoms with Crippen LogP contribution >= 0.6 is 0 Å². The van der Waals surface area contributed by atoms with Gasteiger partial charge in [-0.2, -0.15) is 0 Å². The maximum absolute atomic E-state index is 15.1. The fourth-order valence-electron chi connectivity index (χ4n) is 4.26. The van der Waals surface area contributed by atoms with Gasteiger partial charge >= 0.3 is 0 Å². The molecule has 0 spiro atoms. The summed E-state index contributed by atoms with van der Waals surface area (Å²) in [5, 5.41) is 9.39. The van der Waals surface area contributed by atoms with Gasteiger partial charge in [-0.05, 0) is 49.7 Å². The molecule has 0 saturated carbocycles. The first-order valence-electron chi connectivity index (χ1n) is 12.2. The van der Waals surface area contributed by atoms with Crippen molar-refractivity contribution in [2.75, 3.05) is 19.8 Å². The highest BCUT2D eigenvalue weighted by Crippen LogP contribution is 2.42. The first-order valence-corrected chi connectivity index (χ1v) is 12.2. The SMILES string of the molecule is CC(C)Oc1cccc(F)c1-c1c[nH]c2nccc(Oc3c(F)cc(CC4=NCC(F)(CO)CO4)cc3F)c12. The Morgan fingerprint density at radius 2 is 1.87 bits per heavy atom. The van der Waals surface area contributed by atoms with Gasteiger partial charge in [-0.1, -0.05) is 6.07 Å². The lowest BCUT2D eigenvalue weighted by Crippen LogP contribution is -2.42. The van der Waals surface area contributed by atoms with Crippen LogP contribution in [0.15, 0.2) is 53.8 Å². The molecule has 2 aromatic heterocycles. The van der Waals surface area contributed by atoms with Crippen molar-refractivity contribution in [3.8, 4) is 28.4 Å². The summed E-state index contributed by atoms with van der Waals surface area (Å²) in [4.78, 5) is 11.1. The summed E-state index contributed by atoms with van der Waals surface area (Å²) in [6, 6.07) is 7.99. The van der Waals surface area contributed by atoms with Gasteiger partial charge in [0, 0.05) is 24.4 Å². The van der Waals surface area contributed by atoms with Crippen LogP contribution in [0.3, 0.4) is 0 Å². The predicted octanol–water partition coefficient (Wildman–Crippen LogP) is 5.90. The number of aliphatic imine (C=N–C) groups is 1. The number of ether oxygens (including phenoxy) is 3. The molecule has 204 valence electrons. The monoisotopic (exact) mass is 543 g/mol. The van der Waals surface area contributed by atoms with Gasteiger partial charge in [0.25, 0.3) is 0 Å². The number of nitrogens with zero attached hydrogens (tertiary/aromatic N) is 2. The zero-order valence-corrected chi connectivity index (χ0v) is 21.1. The second-order valence-corrected chi connectivity index (χ2v) is 9.49. The van der Waals surface area contributed by atoms with E-state index in [4.69, 9.17) is 19.3 Å². The van der Waals surface area contributed by atoms with Crippen LogP contribution in [0, 0.1) is 17.5 Å². The number of pyridine rings is 1. The molecule has 0 saturated heterocycles. The Hall–Kier alpha value is -4.12. The second kappa shape index (κ2) is 10.6. The molecule has 2 N–H and O–H groups in total. The van der Waals surface area contributed by atoms with Gasteiger partial charge in [0.1, 0.15) is 29.6 Å². The fraction of sp³-hybridized carbons (Fsp3) is 0.286. The Labute approximate surface area is 221 Å². The average Bonchev–Trinajstić information content (AvgIpc) is 3.32. The molecule has 1 atom stereocenters. The van der Waals surface area contributed by atoms with Crippen LogP contribution < -0.4 is 9.47 Å². The number of benzene rings is 2. The van der Waals surface area contributed by atoms with Crippen molar-refractivity contribution in [2.24, 2.45) is 4.99 Å². The van der Waals surface area contributed by atoms with Crippen molar-refractivity contribution in [3.05, 3.63) is 71.8 Å². The number of alkyl halides is 1. The molecule has 1 aliphatic heterocycles. The molecular weight excluding hydrogens is 518 g/mol. The molecule has 3 heterocycles. The summed E-state index contributed by atoms with van der Waals surface area (Å²) >= 11 is 0. The third-order valence-corrected chi connectivity index (χ3v) is 6.09. The van der Waals surface area contributed by atoms with Crippen molar-refractivity contribution in [3.63, 3.8) is 0 Å². The van der Waals surface area contributed by atoms with Crippen molar-refractivity contribution in [2.45, 2.75) is 32.0 Å². The Kier molecular flexibility index (Phi) is 7.17. The highest BCUT2D eigenvalue weighted by atomic mass is 19.1. The lowest BCUT2D eigenvalue weighted by molar-refractivity contribution is 0.0171. The number of aromatic nitrogens is 2. The molecule has 7 nitrogen and oxygen atoms in total. The molecule has 11 heteroatoms. The molecule has 0 radical (unpaired) electrons. The van der Waals surface area contributed by atoms with Gasteiger partial charge in [-0.15, -0.1) is 0 Å². The van der Waals surface area contributed by atoms with E-state index < -0.39 is 42.1 Å². The quantitative estimate of drug-likeness (QED) is 0.270. The molecule has 1 unspecified atom stereocenters. The molecule has 5 rings (SSSR count). The van der Waals surface area contributed by atoms with Gasteiger partial charge in [0.15, 0.2) is 29.0 Å². The van der Waals surface area contributed by atoms with E-state index in [1.165, 1.54) is 30.6 Å². The van der Waals surface area contributed by atoms with Crippen LogP contribution in [0.4, 0.5) is 17.6 Å². The van der Waals surface area contributed by atoms with E-state index >= 15 is 13.2 Å². The maximum Gasteiger partial charge on any atom is 0.198 e. The van der Waals surface area contributed by atoms with Crippen molar-refractivity contribution in [1.82, 2.24) is 9.97 Å². The number of H-pyrrole nitrogens is 1. The highest BCUT2D eigenvalue weighted by Gasteiger charge is 2.34. The number of rotatable bonds is 8. The van der Waals surface area contributed by atoms with E-state index in [0.29, 0.717) is 22.3 Å². The third-order valence-electron chi connectivity index (χ3n) is 6.09. The smallest absolute Gasteiger partial charge is 0.198 e.